The Labute approximate surface area is 115 Å². The lowest BCUT2D eigenvalue weighted by molar-refractivity contribution is -0.0534. The number of ether oxygens (including phenoxy) is 1. The van der Waals surface area contributed by atoms with Gasteiger partial charge in [0.05, 0.1) is 5.60 Å². The summed E-state index contributed by atoms with van der Waals surface area (Å²) in [5.41, 5.74) is 0.112. The molecule has 0 bridgehead atoms. The third-order valence-corrected chi connectivity index (χ3v) is 9.56. The van der Waals surface area contributed by atoms with Crippen molar-refractivity contribution in [1.82, 2.24) is 0 Å². The monoisotopic (exact) mass is 272 g/mol. The Bertz CT molecular complexity index is 250. The summed E-state index contributed by atoms with van der Waals surface area (Å²) in [6.45, 7) is 12.4. The standard InChI is InChI=1S/C15H32O2Si/c1-14(2,3)18(5,6)17-13-12-15(16-4)10-8-7-9-11-15/h7-13H2,1-6H3. The number of hydrogen-bond donors (Lipinski definition) is 0. The molecule has 0 aromatic heterocycles. The Hall–Kier alpha value is 0.137. The average molecular weight is 273 g/mol. The molecule has 0 aliphatic heterocycles. The van der Waals surface area contributed by atoms with Crippen molar-refractivity contribution in [3.8, 4) is 0 Å². The number of rotatable bonds is 5. The second kappa shape index (κ2) is 6.06. The zero-order valence-electron chi connectivity index (χ0n) is 13.3. The third kappa shape index (κ3) is 4.07. The lowest BCUT2D eigenvalue weighted by Gasteiger charge is -2.39. The summed E-state index contributed by atoms with van der Waals surface area (Å²) < 4.78 is 12.1. The molecule has 0 N–H and O–H groups in total. The molecule has 18 heavy (non-hydrogen) atoms. The van der Waals surface area contributed by atoms with E-state index in [2.05, 4.69) is 33.9 Å². The van der Waals surface area contributed by atoms with E-state index >= 15 is 0 Å². The zero-order valence-corrected chi connectivity index (χ0v) is 14.3. The minimum atomic E-state index is -1.59. The molecule has 1 aliphatic carbocycles. The Kier molecular flexibility index (Phi) is 5.45. The molecule has 1 rings (SSSR count). The molecule has 0 unspecified atom stereocenters. The van der Waals surface area contributed by atoms with Gasteiger partial charge in [0.25, 0.3) is 0 Å². The van der Waals surface area contributed by atoms with Crippen LogP contribution in [0.25, 0.3) is 0 Å². The van der Waals surface area contributed by atoms with Crippen LogP contribution in [0, 0.1) is 0 Å². The maximum atomic E-state index is 6.28. The lowest BCUT2D eigenvalue weighted by Crippen LogP contribution is -2.43. The molecule has 0 saturated heterocycles. The molecule has 0 radical (unpaired) electrons. The van der Waals surface area contributed by atoms with Crippen LogP contribution in [0.15, 0.2) is 0 Å². The van der Waals surface area contributed by atoms with Crippen molar-refractivity contribution in [2.24, 2.45) is 0 Å². The van der Waals surface area contributed by atoms with Crippen LogP contribution in [0.5, 0.6) is 0 Å². The van der Waals surface area contributed by atoms with Crippen molar-refractivity contribution < 1.29 is 9.16 Å². The van der Waals surface area contributed by atoms with Crippen molar-refractivity contribution in [2.45, 2.75) is 83.0 Å². The van der Waals surface area contributed by atoms with Crippen LogP contribution in [0.2, 0.25) is 18.1 Å². The number of methoxy groups -OCH3 is 1. The maximum Gasteiger partial charge on any atom is 0.191 e. The summed E-state index contributed by atoms with van der Waals surface area (Å²) in [5, 5.41) is 0.305. The highest BCUT2D eigenvalue weighted by Gasteiger charge is 2.38. The van der Waals surface area contributed by atoms with Crippen LogP contribution in [-0.4, -0.2) is 27.6 Å². The second-order valence-corrected chi connectivity index (χ2v) is 12.1. The third-order valence-electron chi connectivity index (χ3n) is 5.02. The van der Waals surface area contributed by atoms with Crippen LogP contribution in [0.1, 0.15) is 59.3 Å². The first-order chi connectivity index (χ1) is 8.22. The summed E-state index contributed by atoms with van der Waals surface area (Å²) in [5.74, 6) is 0. The topological polar surface area (TPSA) is 18.5 Å². The molecular formula is C15H32O2Si. The van der Waals surface area contributed by atoms with Crippen LogP contribution in [0.3, 0.4) is 0 Å². The molecule has 0 atom stereocenters. The van der Waals surface area contributed by atoms with E-state index in [0.29, 0.717) is 5.04 Å². The normalized spacial score (nSPS) is 21.0. The van der Waals surface area contributed by atoms with Crippen LogP contribution in [0.4, 0.5) is 0 Å². The maximum absolute atomic E-state index is 6.28. The van der Waals surface area contributed by atoms with E-state index in [-0.39, 0.29) is 5.60 Å². The lowest BCUT2D eigenvalue weighted by atomic mass is 9.82. The summed E-state index contributed by atoms with van der Waals surface area (Å²) in [4.78, 5) is 0. The fourth-order valence-electron chi connectivity index (χ4n) is 2.46. The highest BCUT2D eigenvalue weighted by Crippen LogP contribution is 2.38. The Morgan fingerprint density at radius 1 is 1.06 bits per heavy atom. The van der Waals surface area contributed by atoms with Crippen LogP contribution in [-0.2, 0) is 9.16 Å². The minimum Gasteiger partial charge on any atom is -0.417 e. The van der Waals surface area contributed by atoms with Crippen molar-refractivity contribution in [3.05, 3.63) is 0 Å². The molecule has 1 saturated carbocycles. The van der Waals surface area contributed by atoms with Gasteiger partial charge in [0, 0.05) is 13.7 Å². The average Bonchev–Trinajstić information content (AvgIpc) is 2.28. The quantitative estimate of drug-likeness (QED) is 0.673. The Balaban J connectivity index is 2.45. The van der Waals surface area contributed by atoms with Gasteiger partial charge < -0.3 is 9.16 Å². The van der Waals surface area contributed by atoms with E-state index < -0.39 is 8.32 Å². The zero-order chi connectivity index (χ0) is 13.9. The predicted octanol–water partition coefficient (Wildman–Crippen LogP) is 4.75. The number of hydrogen-bond acceptors (Lipinski definition) is 2. The van der Waals surface area contributed by atoms with Crippen molar-refractivity contribution >= 4 is 8.32 Å². The van der Waals surface area contributed by atoms with Gasteiger partial charge >= 0.3 is 0 Å². The molecule has 1 fully saturated rings. The van der Waals surface area contributed by atoms with Gasteiger partial charge in [0.1, 0.15) is 0 Å². The molecule has 0 aromatic carbocycles. The van der Waals surface area contributed by atoms with Gasteiger partial charge in [0.2, 0.25) is 0 Å². The van der Waals surface area contributed by atoms with Crippen molar-refractivity contribution in [3.63, 3.8) is 0 Å². The molecule has 0 spiro atoms. The molecular weight excluding hydrogens is 240 g/mol. The first-order valence-electron chi connectivity index (χ1n) is 7.42. The predicted molar refractivity (Wildman–Crippen MR) is 80.6 cm³/mol. The smallest absolute Gasteiger partial charge is 0.191 e. The second-order valence-electron chi connectivity index (χ2n) is 7.31. The molecule has 0 aromatic rings. The van der Waals surface area contributed by atoms with Gasteiger partial charge in [-0.15, -0.1) is 0 Å². The van der Waals surface area contributed by atoms with Gasteiger partial charge in [-0.25, -0.2) is 0 Å². The largest absolute Gasteiger partial charge is 0.417 e. The molecule has 3 heteroatoms. The molecule has 0 heterocycles. The Morgan fingerprint density at radius 3 is 2.06 bits per heavy atom. The van der Waals surface area contributed by atoms with Gasteiger partial charge in [-0.1, -0.05) is 40.0 Å². The van der Waals surface area contributed by atoms with E-state index in [9.17, 15) is 0 Å². The van der Waals surface area contributed by atoms with Crippen molar-refractivity contribution in [2.75, 3.05) is 13.7 Å². The molecule has 0 amide bonds. The molecule has 2 nitrogen and oxygen atoms in total. The van der Waals surface area contributed by atoms with E-state index in [0.717, 1.165) is 13.0 Å². The van der Waals surface area contributed by atoms with E-state index in [1.807, 2.05) is 7.11 Å². The first kappa shape index (κ1) is 16.2. The fourth-order valence-corrected chi connectivity index (χ4v) is 3.51. The Morgan fingerprint density at radius 2 is 1.61 bits per heavy atom. The highest BCUT2D eigenvalue weighted by molar-refractivity contribution is 6.74. The summed E-state index contributed by atoms with van der Waals surface area (Å²) in [6, 6.07) is 0. The van der Waals surface area contributed by atoms with Crippen molar-refractivity contribution in [1.29, 1.82) is 0 Å². The minimum absolute atomic E-state index is 0.112. The van der Waals surface area contributed by atoms with E-state index in [1.54, 1.807) is 0 Å². The fraction of sp³-hybridized carbons (Fsp3) is 1.00. The van der Waals surface area contributed by atoms with Crippen LogP contribution < -0.4 is 0 Å². The molecule has 1 aliphatic rings. The summed E-state index contributed by atoms with van der Waals surface area (Å²) in [7, 11) is 0.282. The SMILES string of the molecule is COC1(CCO[Si](C)(C)C(C)(C)C)CCCCC1. The molecule has 108 valence electrons. The van der Waals surface area contributed by atoms with E-state index in [4.69, 9.17) is 9.16 Å². The summed E-state index contributed by atoms with van der Waals surface area (Å²) >= 11 is 0. The van der Waals surface area contributed by atoms with Crippen LogP contribution >= 0.6 is 0 Å². The van der Waals surface area contributed by atoms with E-state index in [1.165, 1.54) is 32.1 Å². The van der Waals surface area contributed by atoms with Gasteiger partial charge in [-0.2, -0.15) is 0 Å². The summed E-state index contributed by atoms with van der Waals surface area (Å²) in [6.07, 6.45) is 7.49. The van der Waals surface area contributed by atoms with Gasteiger partial charge in [-0.3, -0.25) is 0 Å². The highest BCUT2D eigenvalue weighted by atomic mass is 28.4. The van der Waals surface area contributed by atoms with Gasteiger partial charge in [0.15, 0.2) is 8.32 Å². The van der Waals surface area contributed by atoms with Gasteiger partial charge in [-0.05, 0) is 37.4 Å². The first-order valence-corrected chi connectivity index (χ1v) is 10.3.